The zero-order valence-electron chi connectivity index (χ0n) is 10.4. The molecule has 0 radical (unpaired) electrons. The van der Waals surface area contributed by atoms with Crippen molar-refractivity contribution in [3.8, 4) is 0 Å². The SMILES string of the molecule is CCOC(=O)CCO/N=C/c1ccc([N+](=O)[O-])cc1. The summed E-state index contributed by atoms with van der Waals surface area (Å²) in [5, 5.41) is 14.1. The molecule has 0 bridgehead atoms. The monoisotopic (exact) mass is 266 g/mol. The zero-order valence-corrected chi connectivity index (χ0v) is 10.4. The molecule has 0 fully saturated rings. The lowest BCUT2D eigenvalue weighted by molar-refractivity contribution is -0.384. The van der Waals surface area contributed by atoms with Gasteiger partial charge in [-0.3, -0.25) is 14.9 Å². The highest BCUT2D eigenvalue weighted by molar-refractivity contribution is 5.79. The summed E-state index contributed by atoms with van der Waals surface area (Å²) in [7, 11) is 0. The summed E-state index contributed by atoms with van der Waals surface area (Å²) >= 11 is 0. The van der Waals surface area contributed by atoms with Crippen LogP contribution in [0.25, 0.3) is 0 Å². The number of hydrogen-bond donors (Lipinski definition) is 0. The number of rotatable bonds is 7. The van der Waals surface area contributed by atoms with Crippen LogP contribution in [-0.4, -0.2) is 30.3 Å². The fourth-order valence-electron chi connectivity index (χ4n) is 1.20. The second kappa shape index (κ2) is 7.80. The maximum absolute atomic E-state index is 11.0. The van der Waals surface area contributed by atoms with Gasteiger partial charge >= 0.3 is 5.97 Å². The summed E-state index contributed by atoms with van der Waals surface area (Å²) in [5.41, 5.74) is 0.683. The molecule has 0 spiro atoms. The van der Waals surface area contributed by atoms with Gasteiger partial charge in [-0.05, 0) is 24.6 Å². The van der Waals surface area contributed by atoms with Gasteiger partial charge in [0.1, 0.15) is 6.61 Å². The van der Waals surface area contributed by atoms with Crippen molar-refractivity contribution >= 4 is 17.9 Å². The largest absolute Gasteiger partial charge is 0.466 e. The molecule has 0 saturated carbocycles. The molecule has 0 aliphatic heterocycles. The fraction of sp³-hybridized carbons (Fsp3) is 0.333. The van der Waals surface area contributed by atoms with Crippen molar-refractivity contribution in [1.82, 2.24) is 0 Å². The third-order valence-electron chi connectivity index (χ3n) is 2.08. The number of benzene rings is 1. The standard InChI is InChI=1S/C12H14N2O5/c1-2-18-12(15)7-8-19-13-9-10-3-5-11(6-4-10)14(16)17/h3-6,9H,2,7-8H2,1H3/b13-9+. The highest BCUT2D eigenvalue weighted by atomic mass is 16.6. The second-order valence-electron chi connectivity index (χ2n) is 3.47. The predicted octanol–water partition coefficient (Wildman–Crippen LogP) is 1.90. The third kappa shape index (κ3) is 5.62. The Morgan fingerprint density at radius 2 is 2.11 bits per heavy atom. The minimum absolute atomic E-state index is 0.0142. The first kappa shape index (κ1) is 14.6. The Kier molecular flexibility index (Phi) is 6.00. The van der Waals surface area contributed by atoms with E-state index in [1.54, 1.807) is 19.1 Å². The van der Waals surface area contributed by atoms with Crippen LogP contribution < -0.4 is 0 Å². The van der Waals surface area contributed by atoms with Gasteiger partial charge in [-0.25, -0.2) is 0 Å². The Hall–Kier alpha value is -2.44. The number of esters is 1. The van der Waals surface area contributed by atoms with Crippen molar-refractivity contribution < 1.29 is 19.3 Å². The Morgan fingerprint density at radius 3 is 2.68 bits per heavy atom. The Labute approximate surface area is 110 Å². The van der Waals surface area contributed by atoms with Crippen LogP contribution >= 0.6 is 0 Å². The molecule has 7 heteroatoms. The van der Waals surface area contributed by atoms with Crippen LogP contribution in [0.15, 0.2) is 29.4 Å². The summed E-state index contributed by atoms with van der Waals surface area (Å²) < 4.78 is 4.71. The van der Waals surface area contributed by atoms with Gasteiger partial charge in [0, 0.05) is 12.1 Å². The zero-order chi connectivity index (χ0) is 14.1. The molecule has 0 heterocycles. The lowest BCUT2D eigenvalue weighted by Gasteiger charge is -2.00. The molecule has 0 aliphatic rings. The summed E-state index contributed by atoms with van der Waals surface area (Å²) in [6, 6.07) is 5.85. The van der Waals surface area contributed by atoms with E-state index in [1.165, 1.54) is 18.3 Å². The average Bonchev–Trinajstić information content (AvgIpc) is 2.39. The molecular weight excluding hydrogens is 252 g/mol. The number of nitro benzene ring substituents is 1. The number of ether oxygens (including phenoxy) is 1. The van der Waals surface area contributed by atoms with E-state index in [0.29, 0.717) is 12.2 Å². The van der Waals surface area contributed by atoms with E-state index >= 15 is 0 Å². The molecule has 0 amide bonds. The number of hydrogen-bond acceptors (Lipinski definition) is 6. The normalized spacial score (nSPS) is 10.4. The van der Waals surface area contributed by atoms with Crippen molar-refractivity contribution in [3.05, 3.63) is 39.9 Å². The number of nitro groups is 1. The van der Waals surface area contributed by atoms with Crippen LogP contribution in [-0.2, 0) is 14.4 Å². The van der Waals surface area contributed by atoms with Crippen molar-refractivity contribution in [2.24, 2.45) is 5.16 Å². The molecule has 1 aromatic carbocycles. The Morgan fingerprint density at radius 1 is 1.42 bits per heavy atom. The number of carbonyl (C=O) groups is 1. The predicted molar refractivity (Wildman–Crippen MR) is 67.9 cm³/mol. The molecule has 1 rings (SSSR count). The Bertz CT molecular complexity index is 456. The number of oxime groups is 1. The first-order valence-corrected chi connectivity index (χ1v) is 5.69. The number of non-ortho nitro benzene ring substituents is 1. The third-order valence-corrected chi connectivity index (χ3v) is 2.08. The molecule has 19 heavy (non-hydrogen) atoms. The van der Waals surface area contributed by atoms with Crippen LogP contribution in [0.4, 0.5) is 5.69 Å². The van der Waals surface area contributed by atoms with Crippen molar-refractivity contribution in [3.63, 3.8) is 0 Å². The lowest BCUT2D eigenvalue weighted by atomic mass is 10.2. The van der Waals surface area contributed by atoms with E-state index in [0.717, 1.165) is 0 Å². The lowest BCUT2D eigenvalue weighted by Crippen LogP contribution is -2.06. The van der Waals surface area contributed by atoms with E-state index < -0.39 is 4.92 Å². The van der Waals surface area contributed by atoms with Gasteiger partial charge in [0.05, 0.1) is 24.2 Å². The molecule has 1 aromatic rings. The molecule has 0 atom stereocenters. The summed E-state index contributed by atoms with van der Waals surface area (Å²) in [5.74, 6) is -0.340. The fourth-order valence-corrected chi connectivity index (χ4v) is 1.20. The maximum Gasteiger partial charge on any atom is 0.309 e. The molecule has 0 saturated heterocycles. The smallest absolute Gasteiger partial charge is 0.309 e. The minimum atomic E-state index is -0.475. The number of carbonyl (C=O) groups excluding carboxylic acids is 1. The molecule has 7 nitrogen and oxygen atoms in total. The Balaban J connectivity index is 2.32. The van der Waals surface area contributed by atoms with Gasteiger partial charge < -0.3 is 9.57 Å². The molecule has 102 valence electrons. The van der Waals surface area contributed by atoms with Crippen molar-refractivity contribution in [2.45, 2.75) is 13.3 Å². The van der Waals surface area contributed by atoms with Crippen LogP contribution in [0.3, 0.4) is 0 Å². The molecule has 0 aliphatic carbocycles. The first-order valence-electron chi connectivity index (χ1n) is 5.69. The van der Waals surface area contributed by atoms with Crippen LogP contribution in [0.1, 0.15) is 18.9 Å². The molecule has 0 unspecified atom stereocenters. The maximum atomic E-state index is 11.0. The van der Waals surface area contributed by atoms with Crippen molar-refractivity contribution in [2.75, 3.05) is 13.2 Å². The van der Waals surface area contributed by atoms with Crippen LogP contribution in [0.5, 0.6) is 0 Å². The van der Waals surface area contributed by atoms with Gasteiger partial charge in [0.2, 0.25) is 0 Å². The first-order chi connectivity index (χ1) is 9.13. The van der Waals surface area contributed by atoms with E-state index in [-0.39, 0.29) is 24.7 Å². The van der Waals surface area contributed by atoms with Crippen LogP contribution in [0, 0.1) is 10.1 Å². The van der Waals surface area contributed by atoms with E-state index in [1.807, 2.05) is 0 Å². The highest BCUT2D eigenvalue weighted by Gasteiger charge is 2.03. The average molecular weight is 266 g/mol. The van der Waals surface area contributed by atoms with Gasteiger partial charge in [-0.1, -0.05) is 5.16 Å². The van der Waals surface area contributed by atoms with Gasteiger partial charge in [0.25, 0.3) is 5.69 Å². The highest BCUT2D eigenvalue weighted by Crippen LogP contribution is 2.10. The summed E-state index contributed by atoms with van der Waals surface area (Å²) in [6.07, 6.45) is 1.54. The molecule has 0 aromatic heterocycles. The van der Waals surface area contributed by atoms with E-state index in [9.17, 15) is 14.9 Å². The van der Waals surface area contributed by atoms with E-state index in [4.69, 9.17) is 9.57 Å². The minimum Gasteiger partial charge on any atom is -0.466 e. The second-order valence-corrected chi connectivity index (χ2v) is 3.47. The van der Waals surface area contributed by atoms with Crippen molar-refractivity contribution in [1.29, 1.82) is 0 Å². The number of nitrogens with zero attached hydrogens (tertiary/aromatic N) is 2. The van der Waals surface area contributed by atoms with Gasteiger partial charge in [-0.15, -0.1) is 0 Å². The van der Waals surface area contributed by atoms with Crippen LogP contribution in [0.2, 0.25) is 0 Å². The summed E-state index contributed by atoms with van der Waals surface area (Å²) in [6.45, 7) is 2.19. The summed E-state index contributed by atoms with van der Waals surface area (Å²) in [4.78, 5) is 25.8. The topological polar surface area (TPSA) is 91.0 Å². The quantitative estimate of drug-likeness (QED) is 0.247. The van der Waals surface area contributed by atoms with Gasteiger partial charge in [0.15, 0.2) is 0 Å². The van der Waals surface area contributed by atoms with E-state index in [2.05, 4.69) is 5.16 Å². The van der Waals surface area contributed by atoms with Gasteiger partial charge in [-0.2, -0.15) is 0 Å². The molecule has 0 N–H and O–H groups in total. The molecular formula is C12H14N2O5.